The van der Waals surface area contributed by atoms with Crippen LogP contribution in [0.2, 0.25) is 0 Å². The van der Waals surface area contributed by atoms with E-state index in [0.29, 0.717) is 30.2 Å². The maximum Gasteiger partial charge on any atom is 0.244 e. The van der Waals surface area contributed by atoms with Crippen LogP contribution in [0, 0.1) is 0 Å². The lowest BCUT2D eigenvalue weighted by molar-refractivity contribution is -0.116. The number of hydrogen-bond donors (Lipinski definition) is 1. The van der Waals surface area contributed by atoms with Crippen LogP contribution in [0.25, 0.3) is 6.08 Å². The average Bonchev–Trinajstić information content (AvgIpc) is 2.82. The number of sulfonamides is 1. The van der Waals surface area contributed by atoms with E-state index in [9.17, 15) is 13.2 Å². The van der Waals surface area contributed by atoms with E-state index in [-0.39, 0.29) is 23.5 Å². The Morgan fingerprint density at radius 1 is 1.09 bits per heavy atom. The van der Waals surface area contributed by atoms with Crippen molar-refractivity contribution in [3.05, 3.63) is 59.7 Å². The third-order valence-electron chi connectivity index (χ3n) is 5.34. The predicted molar refractivity (Wildman–Crippen MR) is 129 cm³/mol. The summed E-state index contributed by atoms with van der Waals surface area (Å²) in [4.78, 5) is 12.7. The molecule has 33 heavy (non-hydrogen) atoms. The van der Waals surface area contributed by atoms with Gasteiger partial charge in [-0.2, -0.15) is 4.31 Å². The largest absolute Gasteiger partial charge is 0.493 e. The van der Waals surface area contributed by atoms with Gasteiger partial charge in [-0.15, -0.1) is 0 Å². The molecule has 0 saturated carbocycles. The molecule has 0 aromatic heterocycles. The fourth-order valence-corrected chi connectivity index (χ4v) is 5.44. The summed E-state index contributed by atoms with van der Waals surface area (Å²) < 4.78 is 38.8. The van der Waals surface area contributed by atoms with E-state index in [1.165, 1.54) is 10.4 Å². The van der Waals surface area contributed by atoms with Crippen molar-refractivity contribution >= 4 is 22.0 Å². The molecular weight excluding hydrogens is 440 g/mol. The first-order chi connectivity index (χ1) is 15.8. The minimum Gasteiger partial charge on any atom is -0.493 e. The van der Waals surface area contributed by atoms with Gasteiger partial charge in [0.15, 0.2) is 11.5 Å². The van der Waals surface area contributed by atoms with Gasteiger partial charge < -0.3 is 14.8 Å². The molecule has 0 aliphatic carbocycles. The normalized spacial score (nSPS) is 15.0. The highest BCUT2D eigenvalue weighted by atomic mass is 32.2. The number of carbonyl (C=O) groups excluding carboxylic acids is 1. The lowest BCUT2D eigenvalue weighted by atomic mass is 10.2. The van der Waals surface area contributed by atoms with Crippen molar-refractivity contribution in [2.24, 2.45) is 0 Å². The topological polar surface area (TPSA) is 84.9 Å². The fourth-order valence-electron chi connectivity index (χ4n) is 3.70. The second-order valence-electron chi connectivity index (χ2n) is 8.20. The van der Waals surface area contributed by atoms with Gasteiger partial charge in [-0.1, -0.05) is 30.7 Å². The number of nitrogens with one attached hydrogen (secondary N) is 1. The van der Waals surface area contributed by atoms with E-state index in [4.69, 9.17) is 9.47 Å². The van der Waals surface area contributed by atoms with Crippen molar-refractivity contribution in [1.82, 2.24) is 9.62 Å². The van der Waals surface area contributed by atoms with Gasteiger partial charge in [0.2, 0.25) is 15.9 Å². The summed E-state index contributed by atoms with van der Waals surface area (Å²) in [6, 6.07) is 12.3. The molecule has 1 saturated heterocycles. The Morgan fingerprint density at radius 3 is 2.52 bits per heavy atom. The van der Waals surface area contributed by atoms with Crippen LogP contribution in [-0.4, -0.2) is 44.9 Å². The number of carbonyl (C=O) groups is 1. The summed E-state index contributed by atoms with van der Waals surface area (Å²) in [5.41, 5.74) is 1.35. The molecule has 0 radical (unpaired) electrons. The number of piperidine rings is 1. The third kappa shape index (κ3) is 6.58. The Balaban J connectivity index is 1.66. The minimum atomic E-state index is -3.58. The first-order valence-electron chi connectivity index (χ1n) is 11.2. The Kier molecular flexibility index (Phi) is 8.52. The molecule has 1 amide bonds. The van der Waals surface area contributed by atoms with Gasteiger partial charge in [0, 0.05) is 25.7 Å². The van der Waals surface area contributed by atoms with Gasteiger partial charge in [0.25, 0.3) is 0 Å². The zero-order valence-corrected chi connectivity index (χ0v) is 20.2. The lowest BCUT2D eigenvalue weighted by Gasteiger charge is -2.26. The van der Waals surface area contributed by atoms with Crippen LogP contribution in [0.1, 0.15) is 44.2 Å². The van der Waals surface area contributed by atoms with Gasteiger partial charge in [-0.25, -0.2) is 8.42 Å². The van der Waals surface area contributed by atoms with Gasteiger partial charge in [-0.3, -0.25) is 4.79 Å². The minimum absolute atomic E-state index is 0.0210. The van der Waals surface area contributed by atoms with Crippen molar-refractivity contribution < 1.29 is 22.7 Å². The lowest BCUT2D eigenvalue weighted by Crippen LogP contribution is -2.36. The van der Waals surface area contributed by atoms with Crippen molar-refractivity contribution in [2.75, 3.05) is 20.2 Å². The predicted octanol–water partition coefficient (Wildman–Crippen LogP) is 3.99. The van der Waals surface area contributed by atoms with E-state index in [1.54, 1.807) is 49.6 Å². The van der Waals surface area contributed by atoms with Gasteiger partial charge in [0.05, 0.1) is 18.1 Å². The number of nitrogens with zero attached hydrogens (tertiary/aromatic N) is 1. The summed E-state index contributed by atoms with van der Waals surface area (Å²) >= 11 is 0. The summed E-state index contributed by atoms with van der Waals surface area (Å²) in [7, 11) is -2.01. The van der Waals surface area contributed by atoms with E-state index in [0.717, 1.165) is 24.8 Å². The molecule has 0 spiro atoms. The molecule has 0 atom stereocenters. The van der Waals surface area contributed by atoms with Gasteiger partial charge in [0.1, 0.15) is 0 Å². The molecule has 1 aliphatic heterocycles. The van der Waals surface area contributed by atoms with Crippen LogP contribution in [0.5, 0.6) is 11.5 Å². The maximum absolute atomic E-state index is 13.1. The standard InChI is InChI=1S/C25H32N2O5S/c1-19(2)32-22-13-11-20(17-23(22)31-3)12-14-25(28)26-18-21-9-5-6-10-24(21)33(29,30)27-15-7-4-8-16-27/h5-6,9-14,17,19H,4,7-8,15-16,18H2,1-3H3,(H,26,28)/b14-12+. The molecule has 8 heteroatoms. The number of ether oxygens (including phenoxy) is 2. The van der Waals surface area contributed by atoms with Crippen LogP contribution in [0.4, 0.5) is 0 Å². The van der Waals surface area contributed by atoms with E-state index in [1.807, 2.05) is 19.9 Å². The highest BCUT2D eigenvalue weighted by Gasteiger charge is 2.27. The Morgan fingerprint density at radius 2 is 1.82 bits per heavy atom. The van der Waals surface area contributed by atoms with E-state index in [2.05, 4.69) is 5.32 Å². The van der Waals surface area contributed by atoms with Crippen molar-refractivity contribution in [3.8, 4) is 11.5 Å². The molecule has 2 aromatic rings. The van der Waals surface area contributed by atoms with Crippen LogP contribution < -0.4 is 14.8 Å². The SMILES string of the molecule is COc1cc(/C=C/C(=O)NCc2ccccc2S(=O)(=O)N2CCCCC2)ccc1OC(C)C. The van der Waals surface area contributed by atoms with Crippen LogP contribution >= 0.6 is 0 Å². The van der Waals surface area contributed by atoms with Gasteiger partial charge >= 0.3 is 0 Å². The fraction of sp³-hybridized carbons (Fsp3) is 0.400. The molecule has 1 heterocycles. The second kappa shape index (κ2) is 11.3. The molecule has 1 aliphatic rings. The average molecular weight is 473 g/mol. The molecule has 0 bridgehead atoms. The van der Waals surface area contributed by atoms with Crippen molar-refractivity contribution in [2.45, 2.75) is 50.7 Å². The summed E-state index contributed by atoms with van der Waals surface area (Å²) in [6.07, 6.45) is 5.91. The van der Waals surface area contributed by atoms with E-state index < -0.39 is 10.0 Å². The smallest absolute Gasteiger partial charge is 0.244 e. The number of hydrogen-bond acceptors (Lipinski definition) is 5. The monoisotopic (exact) mass is 472 g/mol. The second-order valence-corrected chi connectivity index (χ2v) is 10.1. The van der Waals surface area contributed by atoms with Crippen molar-refractivity contribution in [1.29, 1.82) is 0 Å². The van der Waals surface area contributed by atoms with Crippen LogP contribution in [0.15, 0.2) is 53.4 Å². The maximum atomic E-state index is 13.1. The molecule has 7 nitrogen and oxygen atoms in total. The quantitative estimate of drug-likeness (QED) is 0.558. The summed E-state index contributed by atoms with van der Waals surface area (Å²) in [5, 5.41) is 2.79. The molecule has 3 rings (SSSR count). The molecule has 0 unspecified atom stereocenters. The molecule has 2 aromatic carbocycles. The first kappa shape index (κ1) is 24.8. The molecule has 178 valence electrons. The number of methoxy groups -OCH3 is 1. The first-order valence-corrected chi connectivity index (χ1v) is 12.6. The van der Waals surface area contributed by atoms with Crippen LogP contribution in [-0.2, 0) is 21.4 Å². The number of benzene rings is 2. The van der Waals surface area contributed by atoms with E-state index >= 15 is 0 Å². The van der Waals surface area contributed by atoms with Crippen LogP contribution in [0.3, 0.4) is 0 Å². The molecular formula is C25H32N2O5S. The molecule has 1 fully saturated rings. The number of amides is 1. The van der Waals surface area contributed by atoms with Crippen molar-refractivity contribution in [3.63, 3.8) is 0 Å². The highest BCUT2D eigenvalue weighted by molar-refractivity contribution is 7.89. The Bertz CT molecular complexity index is 1090. The zero-order chi connectivity index (χ0) is 23.8. The summed E-state index contributed by atoms with van der Waals surface area (Å²) in [5.74, 6) is 0.908. The Labute approximate surface area is 196 Å². The zero-order valence-electron chi connectivity index (χ0n) is 19.4. The highest BCUT2D eigenvalue weighted by Crippen LogP contribution is 2.29. The molecule has 1 N–H and O–H groups in total. The summed E-state index contributed by atoms with van der Waals surface area (Å²) in [6.45, 7) is 5.07. The number of rotatable bonds is 9. The third-order valence-corrected chi connectivity index (χ3v) is 7.34. The van der Waals surface area contributed by atoms with Gasteiger partial charge in [-0.05, 0) is 62.1 Å². The Hall–Kier alpha value is -2.84.